The van der Waals surface area contributed by atoms with Gasteiger partial charge in [-0.25, -0.2) is 8.78 Å². The highest BCUT2D eigenvalue weighted by molar-refractivity contribution is 5.74. The van der Waals surface area contributed by atoms with Crippen molar-refractivity contribution in [1.29, 1.82) is 0 Å². The molecule has 0 aromatic heterocycles. The van der Waals surface area contributed by atoms with Gasteiger partial charge in [-0.1, -0.05) is 0 Å². The number of carboxylic acids is 1. The number of rotatable bonds is 1. The third-order valence-corrected chi connectivity index (χ3v) is 1.79. The first kappa shape index (κ1) is 8.39. The zero-order chi connectivity index (χ0) is 8.65. The number of alkyl halides is 2. The monoisotopic (exact) mass is 165 g/mol. The van der Waals surface area contributed by atoms with E-state index in [4.69, 9.17) is 5.11 Å². The zero-order valence-electron chi connectivity index (χ0n) is 6.05. The van der Waals surface area contributed by atoms with Crippen LogP contribution >= 0.6 is 0 Å². The summed E-state index contributed by atoms with van der Waals surface area (Å²) < 4.78 is 25.0. The van der Waals surface area contributed by atoms with Crippen molar-refractivity contribution in [3.63, 3.8) is 0 Å². The van der Waals surface area contributed by atoms with Gasteiger partial charge in [-0.15, -0.1) is 0 Å². The molecule has 1 heterocycles. The second-order valence-electron chi connectivity index (χ2n) is 2.83. The summed E-state index contributed by atoms with van der Waals surface area (Å²) in [6.45, 7) is -0.454. The SMILES string of the molecule is CN1CC(F)(F)C[C@H]1C(=O)O. The summed E-state index contributed by atoms with van der Waals surface area (Å²) >= 11 is 0. The number of carbonyl (C=O) groups is 1. The van der Waals surface area contributed by atoms with Crippen molar-refractivity contribution >= 4 is 5.97 Å². The first-order valence-electron chi connectivity index (χ1n) is 3.23. The molecular weight excluding hydrogens is 156 g/mol. The van der Waals surface area contributed by atoms with E-state index < -0.39 is 30.9 Å². The van der Waals surface area contributed by atoms with E-state index in [2.05, 4.69) is 0 Å². The van der Waals surface area contributed by atoms with Crippen LogP contribution in [0.5, 0.6) is 0 Å². The largest absolute Gasteiger partial charge is 0.480 e. The Bertz CT molecular complexity index is 183. The molecular formula is C6H9F2NO2. The molecule has 5 heteroatoms. The Hall–Kier alpha value is -0.710. The average Bonchev–Trinajstić information content (AvgIpc) is 2.05. The molecule has 0 aliphatic carbocycles. The topological polar surface area (TPSA) is 40.5 Å². The van der Waals surface area contributed by atoms with Crippen molar-refractivity contribution in [2.45, 2.75) is 18.4 Å². The lowest BCUT2D eigenvalue weighted by atomic mass is 10.2. The van der Waals surface area contributed by atoms with Crippen molar-refractivity contribution in [3.8, 4) is 0 Å². The highest BCUT2D eigenvalue weighted by Gasteiger charge is 2.46. The molecule has 1 aliphatic rings. The molecule has 1 N–H and O–H groups in total. The lowest BCUT2D eigenvalue weighted by molar-refractivity contribution is -0.141. The van der Waals surface area contributed by atoms with Crippen LogP contribution in [0.2, 0.25) is 0 Å². The van der Waals surface area contributed by atoms with Crippen LogP contribution in [-0.2, 0) is 4.79 Å². The molecule has 0 spiro atoms. The maximum Gasteiger partial charge on any atom is 0.321 e. The molecule has 1 rings (SSSR count). The second-order valence-corrected chi connectivity index (χ2v) is 2.83. The van der Waals surface area contributed by atoms with Gasteiger partial charge in [-0.05, 0) is 7.05 Å². The number of hydrogen-bond acceptors (Lipinski definition) is 2. The number of likely N-dealkylation sites (N-methyl/N-ethyl adjacent to an activating group) is 1. The normalized spacial score (nSPS) is 30.6. The molecule has 0 unspecified atom stereocenters. The molecule has 0 bridgehead atoms. The number of nitrogens with zero attached hydrogens (tertiary/aromatic N) is 1. The van der Waals surface area contributed by atoms with Crippen molar-refractivity contribution in [2.24, 2.45) is 0 Å². The van der Waals surface area contributed by atoms with Gasteiger partial charge in [-0.3, -0.25) is 9.69 Å². The summed E-state index contributed by atoms with van der Waals surface area (Å²) in [4.78, 5) is 11.5. The number of carboxylic acid groups (broad SMARTS) is 1. The number of hydrogen-bond donors (Lipinski definition) is 1. The predicted molar refractivity (Wildman–Crippen MR) is 33.6 cm³/mol. The lowest BCUT2D eigenvalue weighted by Crippen LogP contribution is -2.32. The fourth-order valence-corrected chi connectivity index (χ4v) is 1.25. The van der Waals surface area contributed by atoms with Crippen LogP contribution in [-0.4, -0.2) is 41.5 Å². The van der Waals surface area contributed by atoms with Crippen LogP contribution in [0.25, 0.3) is 0 Å². The van der Waals surface area contributed by atoms with E-state index in [0.717, 1.165) is 4.90 Å². The average molecular weight is 165 g/mol. The van der Waals surface area contributed by atoms with Gasteiger partial charge in [0.15, 0.2) is 0 Å². The third kappa shape index (κ3) is 1.65. The first-order valence-corrected chi connectivity index (χ1v) is 3.23. The Morgan fingerprint density at radius 3 is 2.45 bits per heavy atom. The quantitative estimate of drug-likeness (QED) is 0.611. The molecule has 1 saturated heterocycles. The number of likely N-dealkylation sites (tertiary alicyclic amines) is 1. The van der Waals surface area contributed by atoms with Gasteiger partial charge in [0.25, 0.3) is 5.92 Å². The number of halogens is 2. The van der Waals surface area contributed by atoms with Crippen LogP contribution in [0, 0.1) is 0 Å². The van der Waals surface area contributed by atoms with E-state index in [1.807, 2.05) is 0 Å². The van der Waals surface area contributed by atoms with E-state index in [9.17, 15) is 13.6 Å². The Morgan fingerprint density at radius 2 is 2.27 bits per heavy atom. The molecule has 1 fully saturated rings. The molecule has 0 amide bonds. The van der Waals surface area contributed by atoms with Crippen molar-refractivity contribution < 1.29 is 18.7 Å². The van der Waals surface area contributed by atoms with Gasteiger partial charge < -0.3 is 5.11 Å². The van der Waals surface area contributed by atoms with Crippen LogP contribution in [0.4, 0.5) is 8.78 Å². The van der Waals surface area contributed by atoms with Crippen molar-refractivity contribution in [2.75, 3.05) is 13.6 Å². The summed E-state index contributed by atoms with van der Waals surface area (Å²) in [7, 11) is 1.39. The molecule has 3 nitrogen and oxygen atoms in total. The summed E-state index contributed by atoms with van der Waals surface area (Å²) in [6.07, 6.45) is -0.571. The Kier molecular flexibility index (Phi) is 1.83. The van der Waals surface area contributed by atoms with Gasteiger partial charge in [-0.2, -0.15) is 0 Å². The third-order valence-electron chi connectivity index (χ3n) is 1.79. The minimum Gasteiger partial charge on any atom is -0.480 e. The fraction of sp³-hybridized carbons (Fsp3) is 0.833. The summed E-state index contributed by atoms with van der Waals surface area (Å²) in [5.74, 6) is -4.01. The minimum absolute atomic E-state index is 0.454. The molecule has 64 valence electrons. The number of aliphatic carboxylic acids is 1. The van der Waals surface area contributed by atoms with Crippen molar-refractivity contribution in [1.82, 2.24) is 4.90 Å². The molecule has 0 saturated carbocycles. The highest BCUT2D eigenvalue weighted by atomic mass is 19.3. The van der Waals surface area contributed by atoms with E-state index >= 15 is 0 Å². The molecule has 0 aromatic rings. The van der Waals surface area contributed by atoms with Gasteiger partial charge >= 0.3 is 5.97 Å². The lowest BCUT2D eigenvalue weighted by Gasteiger charge is -2.12. The second kappa shape index (κ2) is 2.41. The highest BCUT2D eigenvalue weighted by Crippen LogP contribution is 2.30. The van der Waals surface area contributed by atoms with Crippen LogP contribution in [0.15, 0.2) is 0 Å². The molecule has 11 heavy (non-hydrogen) atoms. The van der Waals surface area contributed by atoms with Gasteiger partial charge in [0.2, 0.25) is 0 Å². The summed E-state index contributed by atoms with van der Waals surface area (Å²) in [5.41, 5.74) is 0. The Balaban J connectivity index is 2.66. The van der Waals surface area contributed by atoms with Crippen LogP contribution in [0.1, 0.15) is 6.42 Å². The van der Waals surface area contributed by atoms with Crippen LogP contribution in [0.3, 0.4) is 0 Å². The molecule has 0 aromatic carbocycles. The first-order chi connectivity index (χ1) is 4.92. The standard InChI is InChI=1S/C6H9F2NO2/c1-9-3-6(7,8)2-4(9)5(10)11/h4H,2-3H2,1H3,(H,10,11)/t4-/m0/s1. The summed E-state index contributed by atoms with van der Waals surface area (Å²) in [5, 5.41) is 8.44. The summed E-state index contributed by atoms with van der Waals surface area (Å²) in [6, 6.07) is -1.02. The molecule has 0 radical (unpaired) electrons. The fourth-order valence-electron chi connectivity index (χ4n) is 1.25. The van der Waals surface area contributed by atoms with E-state index in [-0.39, 0.29) is 0 Å². The van der Waals surface area contributed by atoms with Crippen LogP contribution < -0.4 is 0 Å². The van der Waals surface area contributed by atoms with Gasteiger partial charge in [0, 0.05) is 6.42 Å². The van der Waals surface area contributed by atoms with E-state index in [0.29, 0.717) is 0 Å². The Labute approximate surface area is 62.6 Å². The molecule has 1 aliphatic heterocycles. The molecule has 1 atom stereocenters. The maximum atomic E-state index is 12.5. The maximum absolute atomic E-state index is 12.5. The predicted octanol–water partition coefficient (Wildman–Crippen LogP) is 0.410. The Morgan fingerprint density at radius 1 is 1.73 bits per heavy atom. The zero-order valence-corrected chi connectivity index (χ0v) is 6.05. The van der Waals surface area contributed by atoms with E-state index in [1.54, 1.807) is 0 Å². The van der Waals surface area contributed by atoms with E-state index in [1.165, 1.54) is 7.05 Å². The van der Waals surface area contributed by atoms with Crippen molar-refractivity contribution in [3.05, 3.63) is 0 Å². The smallest absolute Gasteiger partial charge is 0.321 e. The van der Waals surface area contributed by atoms with Gasteiger partial charge in [0.1, 0.15) is 6.04 Å². The van der Waals surface area contributed by atoms with Gasteiger partial charge in [0.05, 0.1) is 6.54 Å². The minimum atomic E-state index is -2.84.